The fourth-order valence-electron chi connectivity index (χ4n) is 3.17. The highest BCUT2D eigenvalue weighted by Crippen LogP contribution is 2.31. The van der Waals surface area contributed by atoms with Crippen molar-refractivity contribution in [2.45, 2.75) is 39.2 Å². The predicted octanol–water partition coefficient (Wildman–Crippen LogP) is 4.64. The Bertz CT molecular complexity index is 1020. The van der Waals surface area contributed by atoms with Gasteiger partial charge in [-0.15, -0.1) is 0 Å². The lowest BCUT2D eigenvalue weighted by Gasteiger charge is -2.28. The second-order valence-corrected chi connectivity index (χ2v) is 11.0. The number of carbonyl (C=O) groups excluding carboxylic acids is 1. The van der Waals surface area contributed by atoms with Crippen LogP contribution in [0.1, 0.15) is 33.3 Å². The maximum Gasteiger partial charge on any atom is 0.243 e. The fraction of sp³-hybridized carbons (Fsp3) is 0.409. The van der Waals surface area contributed by atoms with Crippen LogP contribution in [-0.4, -0.2) is 39.8 Å². The molecule has 9 heteroatoms. The van der Waals surface area contributed by atoms with Gasteiger partial charge in [-0.2, -0.15) is 0 Å². The number of ether oxygens (including phenoxy) is 1. The third-order valence-electron chi connectivity index (χ3n) is 4.54. The number of nitrogens with zero attached hydrogens (tertiary/aromatic N) is 1. The van der Waals surface area contributed by atoms with Crippen LogP contribution in [0.15, 0.2) is 42.5 Å². The van der Waals surface area contributed by atoms with E-state index in [1.54, 1.807) is 0 Å². The highest BCUT2D eigenvalue weighted by atomic mass is 35.5. The molecule has 0 unspecified atom stereocenters. The Balaban J connectivity index is 2.06. The second-order valence-electron chi connectivity index (χ2n) is 8.25. The van der Waals surface area contributed by atoms with E-state index in [0.29, 0.717) is 0 Å². The van der Waals surface area contributed by atoms with Gasteiger partial charge in [0.05, 0.1) is 18.5 Å². The number of amides is 1. The number of sulfonamides is 1. The summed E-state index contributed by atoms with van der Waals surface area (Å²) in [6.07, 6.45) is 1.03. The maximum absolute atomic E-state index is 12.7. The molecule has 0 spiro atoms. The number of rotatable bonds is 8. The number of hydrogen-bond donors (Lipinski definition) is 1. The van der Waals surface area contributed by atoms with Crippen LogP contribution >= 0.6 is 23.2 Å². The van der Waals surface area contributed by atoms with Crippen molar-refractivity contribution in [1.29, 1.82) is 0 Å². The van der Waals surface area contributed by atoms with Crippen LogP contribution in [0.4, 0.5) is 5.69 Å². The number of nitrogens with one attached hydrogen (secondary N) is 1. The summed E-state index contributed by atoms with van der Waals surface area (Å²) in [6.45, 7) is 8.26. The Morgan fingerprint density at radius 2 is 1.71 bits per heavy atom. The fourth-order valence-corrected chi connectivity index (χ4v) is 4.84. The maximum atomic E-state index is 12.7. The van der Waals surface area contributed by atoms with Gasteiger partial charge in [0.1, 0.15) is 18.4 Å². The quantitative estimate of drug-likeness (QED) is 0.551. The van der Waals surface area contributed by atoms with Crippen molar-refractivity contribution in [2.75, 3.05) is 23.7 Å². The summed E-state index contributed by atoms with van der Waals surface area (Å²) in [5.41, 5.74) is 1.21. The lowest BCUT2D eigenvalue weighted by Crippen LogP contribution is -2.48. The van der Waals surface area contributed by atoms with E-state index in [2.05, 4.69) is 26.1 Å². The van der Waals surface area contributed by atoms with Crippen molar-refractivity contribution in [2.24, 2.45) is 0 Å². The van der Waals surface area contributed by atoms with Gasteiger partial charge in [0.15, 0.2) is 0 Å². The van der Waals surface area contributed by atoms with Crippen LogP contribution in [0.2, 0.25) is 10.0 Å². The summed E-state index contributed by atoms with van der Waals surface area (Å²) in [7, 11) is -3.77. The minimum atomic E-state index is -3.77. The zero-order valence-corrected chi connectivity index (χ0v) is 20.6. The van der Waals surface area contributed by atoms with Crippen LogP contribution in [0, 0.1) is 0 Å². The molecule has 0 radical (unpaired) electrons. The molecule has 0 aliphatic heterocycles. The number of anilines is 1. The number of para-hydroxylation sites is 1. The molecule has 2 aromatic rings. The minimum Gasteiger partial charge on any atom is -0.491 e. The second kappa shape index (κ2) is 10.1. The van der Waals surface area contributed by atoms with Gasteiger partial charge in [-0.25, -0.2) is 8.42 Å². The summed E-state index contributed by atoms with van der Waals surface area (Å²) in [4.78, 5) is 12.7. The molecule has 0 fully saturated rings. The molecule has 0 aliphatic carbocycles. The first-order chi connectivity index (χ1) is 14.3. The Morgan fingerprint density at radius 1 is 1.13 bits per heavy atom. The average Bonchev–Trinajstić information content (AvgIpc) is 2.62. The Morgan fingerprint density at radius 3 is 2.26 bits per heavy atom. The van der Waals surface area contributed by atoms with Gasteiger partial charge in [0.2, 0.25) is 15.9 Å². The zero-order valence-electron chi connectivity index (χ0n) is 18.3. The topological polar surface area (TPSA) is 75.7 Å². The Labute approximate surface area is 194 Å². The molecule has 6 nitrogen and oxygen atoms in total. The molecule has 0 saturated heterocycles. The molecule has 31 heavy (non-hydrogen) atoms. The van der Waals surface area contributed by atoms with Crippen LogP contribution in [0.5, 0.6) is 5.75 Å². The average molecular weight is 487 g/mol. The van der Waals surface area contributed by atoms with Gasteiger partial charge in [0, 0.05) is 10.0 Å². The summed E-state index contributed by atoms with van der Waals surface area (Å²) in [5.74, 6) is 0.290. The van der Waals surface area contributed by atoms with Gasteiger partial charge in [-0.3, -0.25) is 9.10 Å². The minimum absolute atomic E-state index is 0.0808. The monoisotopic (exact) mass is 486 g/mol. The number of benzene rings is 2. The van der Waals surface area contributed by atoms with E-state index in [9.17, 15) is 13.2 Å². The smallest absolute Gasteiger partial charge is 0.243 e. The van der Waals surface area contributed by atoms with Gasteiger partial charge in [0.25, 0.3) is 0 Å². The van der Waals surface area contributed by atoms with Crippen molar-refractivity contribution in [3.63, 3.8) is 0 Å². The summed E-state index contributed by atoms with van der Waals surface area (Å²) in [6, 6.07) is 11.1. The largest absolute Gasteiger partial charge is 0.491 e. The molecule has 1 amide bonds. The van der Waals surface area contributed by atoms with Gasteiger partial charge in [-0.1, -0.05) is 62.2 Å². The van der Waals surface area contributed by atoms with E-state index in [-0.39, 0.29) is 34.3 Å². The molecule has 2 rings (SSSR count). The summed E-state index contributed by atoms with van der Waals surface area (Å²) < 4.78 is 31.6. The highest BCUT2D eigenvalue weighted by molar-refractivity contribution is 7.92. The lowest BCUT2D eigenvalue weighted by molar-refractivity contribution is -0.121. The van der Waals surface area contributed by atoms with Gasteiger partial charge in [-0.05, 0) is 42.2 Å². The molecule has 170 valence electrons. The van der Waals surface area contributed by atoms with Crippen molar-refractivity contribution < 1.29 is 17.9 Å². The van der Waals surface area contributed by atoms with Crippen molar-refractivity contribution in [1.82, 2.24) is 5.32 Å². The third-order valence-corrected chi connectivity index (χ3v) is 6.22. The van der Waals surface area contributed by atoms with Crippen LogP contribution in [-0.2, 0) is 20.2 Å². The van der Waals surface area contributed by atoms with E-state index < -0.39 is 22.0 Å². The normalized spacial score (nSPS) is 12.9. The predicted molar refractivity (Wildman–Crippen MR) is 127 cm³/mol. The van der Waals surface area contributed by atoms with Gasteiger partial charge >= 0.3 is 0 Å². The number of carbonyl (C=O) groups is 1. The molecule has 0 aliphatic rings. The van der Waals surface area contributed by atoms with Crippen molar-refractivity contribution in [3.05, 3.63) is 58.1 Å². The Kier molecular flexibility index (Phi) is 8.25. The summed E-state index contributed by atoms with van der Waals surface area (Å²) in [5, 5.41) is 3.27. The first kappa shape index (κ1) is 25.3. The Hall–Kier alpha value is -1.96. The molecule has 0 bridgehead atoms. The van der Waals surface area contributed by atoms with Gasteiger partial charge < -0.3 is 10.1 Å². The van der Waals surface area contributed by atoms with E-state index >= 15 is 0 Å². The molecular formula is C22H28Cl2N2O4S. The molecule has 1 N–H and O–H groups in total. The molecule has 1 atom stereocenters. The number of halogens is 2. The SMILES string of the molecule is C[C@H](C(=O)NCCOc1ccccc1C(C)(C)C)N(c1cc(Cl)cc(Cl)c1)S(C)(=O)=O. The molecular weight excluding hydrogens is 459 g/mol. The van der Waals surface area contributed by atoms with E-state index in [1.807, 2.05) is 24.3 Å². The standard InChI is InChI=1S/C22H28Cl2N2O4S/c1-15(26(31(5,28)29)18-13-16(23)12-17(24)14-18)21(27)25-10-11-30-20-9-7-6-8-19(20)22(2,3)4/h6-9,12-15H,10-11H2,1-5H3,(H,25,27)/t15-/m1/s1. The summed E-state index contributed by atoms with van der Waals surface area (Å²) >= 11 is 12.0. The third kappa shape index (κ3) is 7.02. The first-order valence-electron chi connectivity index (χ1n) is 9.76. The lowest BCUT2D eigenvalue weighted by atomic mass is 9.86. The molecule has 0 saturated carbocycles. The molecule has 0 aromatic heterocycles. The molecule has 2 aromatic carbocycles. The van der Waals surface area contributed by atoms with E-state index in [1.165, 1.54) is 25.1 Å². The first-order valence-corrected chi connectivity index (χ1v) is 12.4. The van der Waals surface area contributed by atoms with Crippen LogP contribution in [0.25, 0.3) is 0 Å². The van der Waals surface area contributed by atoms with Crippen molar-refractivity contribution >= 4 is 44.8 Å². The van der Waals surface area contributed by atoms with Crippen LogP contribution in [0.3, 0.4) is 0 Å². The zero-order chi connectivity index (χ0) is 23.4. The number of hydrogen-bond acceptors (Lipinski definition) is 4. The molecule has 0 heterocycles. The van der Waals surface area contributed by atoms with E-state index in [0.717, 1.165) is 21.9 Å². The van der Waals surface area contributed by atoms with Crippen molar-refractivity contribution in [3.8, 4) is 5.75 Å². The van der Waals surface area contributed by atoms with E-state index in [4.69, 9.17) is 27.9 Å². The van der Waals surface area contributed by atoms with Crippen LogP contribution < -0.4 is 14.4 Å². The highest BCUT2D eigenvalue weighted by Gasteiger charge is 2.29.